The van der Waals surface area contributed by atoms with Crippen molar-refractivity contribution in [1.82, 2.24) is 4.90 Å². The van der Waals surface area contributed by atoms with Crippen molar-refractivity contribution in [1.29, 1.82) is 0 Å². The standard InChI is InChI=1S/C25H25ClN2O6/c1-14(22(29)27-20-13-16(26)9-11-21(20)33-2)34-25(32)15-8-10-18-19(12-15)24(31)28(23(18)30)17-6-4-3-5-7-17/h8-14,17H,3-7H2,1-2H3,(H,27,29). The van der Waals surface area contributed by atoms with E-state index in [1.807, 2.05) is 0 Å². The Labute approximate surface area is 202 Å². The number of ether oxygens (including phenoxy) is 2. The molecule has 1 saturated carbocycles. The summed E-state index contributed by atoms with van der Waals surface area (Å²) in [4.78, 5) is 52.4. The van der Waals surface area contributed by atoms with Crippen molar-refractivity contribution in [3.63, 3.8) is 0 Å². The average molecular weight is 485 g/mol. The van der Waals surface area contributed by atoms with E-state index in [0.717, 1.165) is 32.1 Å². The zero-order chi connectivity index (χ0) is 24.4. The number of rotatable bonds is 6. The van der Waals surface area contributed by atoms with E-state index in [2.05, 4.69) is 5.32 Å². The molecule has 1 atom stereocenters. The van der Waals surface area contributed by atoms with Crippen molar-refractivity contribution in [3.8, 4) is 5.75 Å². The number of halogens is 1. The lowest BCUT2D eigenvalue weighted by atomic mass is 9.94. The van der Waals surface area contributed by atoms with E-state index in [9.17, 15) is 19.2 Å². The third-order valence-corrected chi connectivity index (χ3v) is 6.40. The molecular weight excluding hydrogens is 460 g/mol. The maximum absolute atomic E-state index is 13.0. The Kier molecular flexibility index (Phi) is 6.88. The Morgan fingerprint density at radius 3 is 2.44 bits per heavy atom. The number of methoxy groups -OCH3 is 1. The van der Waals surface area contributed by atoms with E-state index in [1.165, 1.54) is 43.2 Å². The first-order valence-electron chi connectivity index (χ1n) is 11.2. The van der Waals surface area contributed by atoms with Crippen molar-refractivity contribution in [2.75, 3.05) is 12.4 Å². The Morgan fingerprint density at radius 2 is 1.74 bits per heavy atom. The molecular formula is C25H25ClN2O6. The van der Waals surface area contributed by atoms with Crippen LogP contribution < -0.4 is 10.1 Å². The lowest BCUT2D eigenvalue weighted by Gasteiger charge is -2.29. The van der Waals surface area contributed by atoms with Gasteiger partial charge < -0.3 is 14.8 Å². The summed E-state index contributed by atoms with van der Waals surface area (Å²) >= 11 is 5.98. The minimum Gasteiger partial charge on any atom is -0.495 e. The maximum Gasteiger partial charge on any atom is 0.338 e. The number of nitrogens with zero attached hydrogens (tertiary/aromatic N) is 1. The summed E-state index contributed by atoms with van der Waals surface area (Å²) in [5.74, 6) is -1.67. The van der Waals surface area contributed by atoms with Gasteiger partial charge in [0.05, 0.1) is 29.5 Å². The Morgan fingerprint density at radius 1 is 1.03 bits per heavy atom. The summed E-state index contributed by atoms with van der Waals surface area (Å²) in [6, 6.07) is 8.91. The quantitative estimate of drug-likeness (QED) is 0.479. The van der Waals surface area contributed by atoms with Gasteiger partial charge in [0.15, 0.2) is 6.10 Å². The number of nitrogens with one attached hydrogen (secondary N) is 1. The first-order chi connectivity index (χ1) is 16.3. The highest BCUT2D eigenvalue weighted by molar-refractivity contribution is 6.31. The van der Waals surface area contributed by atoms with Crippen molar-refractivity contribution < 1.29 is 28.7 Å². The predicted octanol–water partition coefficient (Wildman–Crippen LogP) is 4.46. The summed E-state index contributed by atoms with van der Waals surface area (Å²) in [5.41, 5.74) is 0.898. The van der Waals surface area contributed by atoms with Crippen LogP contribution in [0, 0.1) is 0 Å². The van der Waals surface area contributed by atoms with Gasteiger partial charge in [0.1, 0.15) is 5.75 Å². The molecule has 8 nitrogen and oxygen atoms in total. The number of esters is 1. The first-order valence-corrected chi connectivity index (χ1v) is 11.5. The van der Waals surface area contributed by atoms with Gasteiger partial charge in [0.25, 0.3) is 17.7 Å². The highest BCUT2D eigenvalue weighted by Crippen LogP contribution is 2.32. The zero-order valence-corrected chi connectivity index (χ0v) is 19.7. The van der Waals surface area contributed by atoms with Crippen molar-refractivity contribution in [2.45, 2.75) is 51.2 Å². The van der Waals surface area contributed by atoms with Crippen LogP contribution in [0.2, 0.25) is 5.02 Å². The molecule has 2 aromatic carbocycles. The maximum atomic E-state index is 13.0. The van der Waals surface area contributed by atoms with Crippen LogP contribution in [-0.4, -0.2) is 47.8 Å². The fraction of sp³-hybridized carbons (Fsp3) is 0.360. The summed E-state index contributed by atoms with van der Waals surface area (Å²) in [6.45, 7) is 1.43. The van der Waals surface area contributed by atoms with E-state index >= 15 is 0 Å². The summed E-state index contributed by atoms with van der Waals surface area (Å²) < 4.78 is 10.5. The topological polar surface area (TPSA) is 102 Å². The second-order valence-corrected chi connectivity index (χ2v) is 8.85. The minimum absolute atomic E-state index is 0.0883. The van der Waals surface area contributed by atoms with E-state index in [1.54, 1.807) is 12.1 Å². The normalized spacial score (nSPS) is 16.7. The smallest absolute Gasteiger partial charge is 0.338 e. The third-order valence-electron chi connectivity index (χ3n) is 6.17. The number of imide groups is 1. The van der Waals surface area contributed by atoms with Crippen LogP contribution in [0.3, 0.4) is 0 Å². The molecule has 1 unspecified atom stereocenters. The highest BCUT2D eigenvalue weighted by Gasteiger charge is 2.40. The van der Waals surface area contributed by atoms with Gasteiger partial charge in [-0.15, -0.1) is 0 Å². The largest absolute Gasteiger partial charge is 0.495 e. The Bertz CT molecular complexity index is 1160. The Hall–Kier alpha value is -3.39. The van der Waals surface area contributed by atoms with Gasteiger partial charge in [-0.1, -0.05) is 30.9 Å². The van der Waals surface area contributed by atoms with Crippen molar-refractivity contribution in [3.05, 3.63) is 58.1 Å². The molecule has 0 bridgehead atoms. The Balaban J connectivity index is 1.45. The number of anilines is 1. The van der Waals surface area contributed by atoms with Gasteiger partial charge in [-0.3, -0.25) is 19.3 Å². The zero-order valence-electron chi connectivity index (χ0n) is 18.9. The highest BCUT2D eigenvalue weighted by atomic mass is 35.5. The molecule has 0 radical (unpaired) electrons. The summed E-state index contributed by atoms with van der Waals surface area (Å²) in [5, 5.41) is 3.03. The third kappa shape index (κ3) is 4.63. The number of fused-ring (bicyclic) bond motifs is 1. The molecule has 178 valence electrons. The number of carbonyl (C=O) groups is 4. The second kappa shape index (κ2) is 9.85. The minimum atomic E-state index is -1.14. The molecule has 0 spiro atoms. The van der Waals surface area contributed by atoms with Crippen LogP contribution in [0.25, 0.3) is 0 Å². The van der Waals surface area contributed by atoms with Crippen LogP contribution in [0.1, 0.15) is 70.1 Å². The fourth-order valence-corrected chi connectivity index (χ4v) is 4.52. The predicted molar refractivity (Wildman–Crippen MR) is 125 cm³/mol. The molecule has 1 aliphatic carbocycles. The number of amides is 3. The molecule has 3 amide bonds. The van der Waals surface area contributed by atoms with Gasteiger partial charge in [-0.05, 0) is 56.2 Å². The van der Waals surface area contributed by atoms with Gasteiger partial charge in [-0.2, -0.15) is 0 Å². The molecule has 0 aromatic heterocycles. The average Bonchev–Trinajstić information content (AvgIpc) is 3.09. The monoisotopic (exact) mass is 484 g/mol. The molecule has 1 aliphatic heterocycles. The lowest BCUT2D eigenvalue weighted by Crippen LogP contribution is -2.40. The van der Waals surface area contributed by atoms with Crippen LogP contribution in [0.4, 0.5) is 5.69 Å². The lowest BCUT2D eigenvalue weighted by molar-refractivity contribution is -0.123. The van der Waals surface area contributed by atoms with E-state index in [4.69, 9.17) is 21.1 Å². The van der Waals surface area contributed by atoms with Crippen LogP contribution >= 0.6 is 11.6 Å². The molecule has 1 heterocycles. The van der Waals surface area contributed by atoms with Crippen LogP contribution in [-0.2, 0) is 9.53 Å². The number of carbonyl (C=O) groups excluding carboxylic acids is 4. The van der Waals surface area contributed by atoms with Gasteiger partial charge in [0.2, 0.25) is 0 Å². The van der Waals surface area contributed by atoms with E-state index < -0.39 is 18.0 Å². The van der Waals surface area contributed by atoms with Crippen molar-refractivity contribution in [2.24, 2.45) is 0 Å². The fourth-order valence-electron chi connectivity index (χ4n) is 4.35. The molecule has 9 heteroatoms. The molecule has 2 aliphatic rings. The second-order valence-electron chi connectivity index (χ2n) is 8.41. The van der Waals surface area contributed by atoms with E-state index in [0.29, 0.717) is 16.5 Å². The molecule has 1 N–H and O–H groups in total. The molecule has 0 saturated heterocycles. The number of hydrogen-bond acceptors (Lipinski definition) is 6. The van der Waals surface area contributed by atoms with Crippen LogP contribution in [0.15, 0.2) is 36.4 Å². The van der Waals surface area contributed by atoms with Gasteiger partial charge in [0, 0.05) is 11.1 Å². The number of hydrogen-bond donors (Lipinski definition) is 1. The molecule has 1 fully saturated rings. The van der Waals surface area contributed by atoms with Gasteiger partial charge in [-0.25, -0.2) is 4.79 Å². The van der Waals surface area contributed by atoms with Crippen molar-refractivity contribution >= 4 is 41.0 Å². The first kappa shape index (κ1) is 23.8. The molecule has 34 heavy (non-hydrogen) atoms. The van der Waals surface area contributed by atoms with Crippen LogP contribution in [0.5, 0.6) is 5.75 Å². The summed E-state index contributed by atoms with van der Waals surface area (Å²) in [6.07, 6.45) is 3.52. The number of benzene rings is 2. The molecule has 2 aromatic rings. The van der Waals surface area contributed by atoms with Gasteiger partial charge >= 0.3 is 5.97 Å². The summed E-state index contributed by atoms with van der Waals surface area (Å²) in [7, 11) is 1.46. The molecule has 4 rings (SSSR count). The SMILES string of the molecule is COc1ccc(Cl)cc1NC(=O)C(C)OC(=O)c1ccc2c(c1)C(=O)N(C1CCCCC1)C2=O. The van der Waals surface area contributed by atoms with E-state index in [-0.39, 0.29) is 34.5 Å².